The molecule has 0 saturated heterocycles. The van der Waals surface area contributed by atoms with E-state index in [2.05, 4.69) is 24.3 Å². The molecule has 0 radical (unpaired) electrons. The van der Waals surface area contributed by atoms with Crippen LogP contribution in [0.25, 0.3) is 11.1 Å². The van der Waals surface area contributed by atoms with E-state index in [1.165, 1.54) is 16.0 Å². The number of benzene rings is 1. The van der Waals surface area contributed by atoms with Crippen molar-refractivity contribution in [3.63, 3.8) is 0 Å². The van der Waals surface area contributed by atoms with Crippen molar-refractivity contribution in [2.24, 2.45) is 0 Å². The summed E-state index contributed by atoms with van der Waals surface area (Å²) >= 11 is 0. The van der Waals surface area contributed by atoms with E-state index in [0.717, 1.165) is 0 Å². The highest BCUT2D eigenvalue weighted by atomic mass is 15.0. The van der Waals surface area contributed by atoms with Gasteiger partial charge in [-0.3, -0.25) is 0 Å². The van der Waals surface area contributed by atoms with Gasteiger partial charge in [0.1, 0.15) is 0 Å². The lowest BCUT2D eigenvalue weighted by atomic mass is 10.6. The number of fused-ring (bicyclic) bond motifs is 1. The predicted octanol–water partition coefficient (Wildman–Crippen LogP) is 1.70. The number of hydrogen-bond donors (Lipinski definition) is 0. The second-order valence-corrected chi connectivity index (χ2v) is 2.58. The molecule has 0 saturated carbocycles. The summed E-state index contributed by atoms with van der Waals surface area (Å²) in [5, 5.41) is 7.82. The molecule has 2 heteroatoms. The van der Waals surface area contributed by atoms with Crippen molar-refractivity contribution >= 4 is 0 Å². The molecule has 0 atom stereocenters. The zero-order valence-electron chi connectivity index (χ0n) is 6.70. The second kappa shape index (κ2) is 3.07. The quantitative estimate of drug-likeness (QED) is 0.418. The molecule has 2 aliphatic rings. The van der Waals surface area contributed by atoms with Crippen LogP contribution < -0.4 is 0 Å². The Morgan fingerprint density at radius 2 is 1.73 bits per heavy atom. The third-order valence-corrected chi connectivity index (χ3v) is 1.31. The Morgan fingerprint density at radius 3 is 1.82 bits per heavy atom. The molecule has 0 aromatic carbocycles. The average Bonchev–Trinajstić information content (AvgIpc) is 2.61. The standard InChI is InChI=1S/C6H4.C3H6N2/c1-2-5-4-6(5)3-1;1-5(2)3-4/h1-4H;1-2H3. The maximum atomic E-state index is 7.82. The van der Waals surface area contributed by atoms with Crippen LogP contribution in [0.15, 0.2) is 24.3 Å². The minimum absolute atomic E-state index is 1.43. The molecule has 0 amide bonds. The Hall–Kier alpha value is -1.49. The molecule has 2 nitrogen and oxygen atoms in total. The molecule has 0 aromatic rings. The van der Waals surface area contributed by atoms with Gasteiger partial charge in [0.2, 0.25) is 0 Å². The first-order chi connectivity index (χ1) is 5.24. The Morgan fingerprint density at radius 1 is 1.27 bits per heavy atom. The van der Waals surface area contributed by atoms with E-state index in [9.17, 15) is 0 Å². The third kappa shape index (κ3) is 2.30. The Labute approximate surface area is 66.7 Å². The minimum atomic E-state index is 1.43. The van der Waals surface area contributed by atoms with Gasteiger partial charge in [0.05, 0.1) is 0 Å². The summed E-state index contributed by atoms with van der Waals surface area (Å²) in [5.41, 5.74) is 2.85. The summed E-state index contributed by atoms with van der Waals surface area (Å²) in [6, 6.07) is 8.48. The number of nitriles is 1. The first kappa shape index (κ1) is 7.62. The summed E-state index contributed by atoms with van der Waals surface area (Å²) < 4.78 is 0. The molecule has 0 heterocycles. The van der Waals surface area contributed by atoms with Gasteiger partial charge in [-0.25, -0.2) is 0 Å². The maximum Gasteiger partial charge on any atom is 0.178 e. The van der Waals surface area contributed by atoms with Crippen molar-refractivity contribution < 1.29 is 0 Å². The molecule has 11 heavy (non-hydrogen) atoms. The van der Waals surface area contributed by atoms with Gasteiger partial charge >= 0.3 is 0 Å². The normalized spacial score (nSPS) is 8.82. The summed E-state index contributed by atoms with van der Waals surface area (Å²) in [6.07, 6.45) is 1.86. The molecule has 2 rings (SSSR count). The SMILES string of the molecule is CN(C)C#N.c1cc2cc-2c1. The molecule has 0 bridgehead atoms. The van der Waals surface area contributed by atoms with E-state index >= 15 is 0 Å². The predicted molar refractivity (Wildman–Crippen MR) is 44.7 cm³/mol. The fourth-order valence-corrected chi connectivity index (χ4v) is 0.676. The highest BCUT2D eigenvalue weighted by Gasteiger charge is 2.06. The third-order valence-electron chi connectivity index (χ3n) is 1.31. The molecule has 0 N–H and O–H groups in total. The summed E-state index contributed by atoms with van der Waals surface area (Å²) in [7, 11) is 3.39. The van der Waals surface area contributed by atoms with Crippen molar-refractivity contribution in [3.05, 3.63) is 24.3 Å². The number of nitrogens with zero attached hydrogens (tertiary/aromatic N) is 2. The van der Waals surface area contributed by atoms with Crippen LogP contribution in [0.1, 0.15) is 0 Å². The van der Waals surface area contributed by atoms with Crippen LogP contribution in [0, 0.1) is 11.5 Å². The Balaban J connectivity index is 0.000000114. The fourth-order valence-electron chi connectivity index (χ4n) is 0.676. The fraction of sp³-hybridized carbons (Fsp3) is 0.222. The summed E-state index contributed by atoms with van der Waals surface area (Å²) in [5.74, 6) is 0. The molecule has 56 valence electrons. The van der Waals surface area contributed by atoms with Gasteiger partial charge in [-0.15, -0.1) is 0 Å². The topological polar surface area (TPSA) is 27.0 Å². The number of hydrogen-bond acceptors (Lipinski definition) is 2. The van der Waals surface area contributed by atoms with Crippen LogP contribution in [0.3, 0.4) is 0 Å². The van der Waals surface area contributed by atoms with Crippen molar-refractivity contribution in [1.29, 1.82) is 5.26 Å². The van der Waals surface area contributed by atoms with Crippen molar-refractivity contribution in [1.82, 2.24) is 4.90 Å². The molecule has 0 aliphatic heterocycles. The van der Waals surface area contributed by atoms with Crippen LogP contribution >= 0.6 is 0 Å². The lowest BCUT2D eigenvalue weighted by Gasteiger charge is -1.89. The van der Waals surface area contributed by atoms with Gasteiger partial charge < -0.3 is 4.90 Å². The van der Waals surface area contributed by atoms with E-state index in [1.54, 1.807) is 14.1 Å². The highest BCUT2D eigenvalue weighted by Crippen LogP contribution is 2.32. The second-order valence-electron chi connectivity index (χ2n) is 2.58. The molecule has 0 aromatic heterocycles. The van der Waals surface area contributed by atoms with Gasteiger partial charge in [0, 0.05) is 14.1 Å². The molecular weight excluding hydrogens is 136 g/mol. The summed E-state index contributed by atoms with van der Waals surface area (Å²) in [4.78, 5) is 1.43. The molecule has 2 aliphatic carbocycles. The maximum absolute atomic E-state index is 7.82. The molecule has 0 unspecified atom stereocenters. The van der Waals surface area contributed by atoms with Gasteiger partial charge in [0.15, 0.2) is 6.19 Å². The smallest absolute Gasteiger partial charge is 0.178 e. The molecule has 0 spiro atoms. The number of rotatable bonds is 0. The van der Waals surface area contributed by atoms with E-state index in [4.69, 9.17) is 5.26 Å². The highest BCUT2D eigenvalue weighted by molar-refractivity contribution is 5.80. The summed E-state index contributed by atoms with van der Waals surface area (Å²) in [6.45, 7) is 0. The molecular formula is C9H10N2. The minimum Gasteiger partial charge on any atom is -0.317 e. The van der Waals surface area contributed by atoms with E-state index in [-0.39, 0.29) is 0 Å². The van der Waals surface area contributed by atoms with E-state index < -0.39 is 0 Å². The van der Waals surface area contributed by atoms with Crippen LogP contribution in [-0.2, 0) is 0 Å². The van der Waals surface area contributed by atoms with Gasteiger partial charge in [-0.05, 0) is 17.2 Å². The van der Waals surface area contributed by atoms with Crippen LogP contribution in [0.2, 0.25) is 0 Å². The van der Waals surface area contributed by atoms with Crippen LogP contribution in [-0.4, -0.2) is 19.0 Å². The largest absolute Gasteiger partial charge is 0.317 e. The zero-order chi connectivity index (χ0) is 8.27. The van der Waals surface area contributed by atoms with E-state index in [0.29, 0.717) is 0 Å². The van der Waals surface area contributed by atoms with Crippen molar-refractivity contribution in [3.8, 4) is 17.3 Å². The molecule has 0 fully saturated rings. The Kier molecular flexibility index (Phi) is 2.12. The lowest BCUT2D eigenvalue weighted by molar-refractivity contribution is 0.585. The van der Waals surface area contributed by atoms with Crippen molar-refractivity contribution in [2.45, 2.75) is 0 Å². The Bertz CT molecular complexity index is 267. The van der Waals surface area contributed by atoms with Gasteiger partial charge in [-0.1, -0.05) is 18.2 Å². The monoisotopic (exact) mass is 146 g/mol. The van der Waals surface area contributed by atoms with Crippen molar-refractivity contribution in [2.75, 3.05) is 14.1 Å². The van der Waals surface area contributed by atoms with Crippen LogP contribution in [0.5, 0.6) is 0 Å². The van der Waals surface area contributed by atoms with Crippen LogP contribution in [0.4, 0.5) is 0 Å². The van der Waals surface area contributed by atoms with Gasteiger partial charge in [-0.2, -0.15) is 5.26 Å². The average molecular weight is 146 g/mol. The van der Waals surface area contributed by atoms with Gasteiger partial charge in [0.25, 0.3) is 0 Å². The lowest BCUT2D eigenvalue weighted by Crippen LogP contribution is -1.99. The first-order valence-electron chi connectivity index (χ1n) is 3.41. The van der Waals surface area contributed by atoms with E-state index in [1.807, 2.05) is 6.19 Å². The first-order valence-corrected chi connectivity index (χ1v) is 3.41. The zero-order valence-corrected chi connectivity index (χ0v) is 6.70.